The smallest absolute Gasteiger partial charge is 0.228 e. The molecule has 0 radical (unpaired) electrons. The van der Waals surface area contributed by atoms with Crippen molar-refractivity contribution in [1.29, 1.82) is 0 Å². The molecule has 1 aromatic rings. The van der Waals surface area contributed by atoms with Gasteiger partial charge in [-0.05, 0) is 18.6 Å². The molecule has 8 heteroatoms. The number of carbonyl (C=O) groups is 3. The van der Waals surface area contributed by atoms with Crippen LogP contribution in [0.25, 0.3) is 0 Å². The monoisotopic (exact) mass is 383 g/mol. The Morgan fingerprint density at radius 1 is 1.00 bits per heavy atom. The molecule has 3 amide bonds. The molecule has 25 heavy (non-hydrogen) atoms. The van der Waals surface area contributed by atoms with E-state index in [0.29, 0.717) is 48.3 Å². The van der Waals surface area contributed by atoms with Crippen molar-refractivity contribution in [3.8, 4) is 0 Å². The number of hydrogen-bond acceptors (Lipinski definition) is 3. The molecular weight excluding hydrogens is 365 g/mol. The number of hydrogen-bond donors (Lipinski definition) is 1. The number of nitrogens with zero attached hydrogens (tertiary/aromatic N) is 2. The lowest BCUT2D eigenvalue weighted by Crippen LogP contribution is -2.50. The minimum absolute atomic E-state index is 0.0198. The van der Waals surface area contributed by atoms with Gasteiger partial charge in [-0.1, -0.05) is 29.3 Å². The molecule has 0 spiro atoms. The first kappa shape index (κ1) is 18.0. The van der Waals surface area contributed by atoms with Gasteiger partial charge >= 0.3 is 0 Å². The molecule has 1 saturated carbocycles. The Bertz CT molecular complexity index is 697. The predicted octanol–water partition coefficient (Wildman–Crippen LogP) is 2.26. The van der Waals surface area contributed by atoms with E-state index < -0.39 is 0 Å². The average Bonchev–Trinajstić information content (AvgIpc) is 3.38. The van der Waals surface area contributed by atoms with Crippen LogP contribution in [-0.4, -0.2) is 53.7 Å². The van der Waals surface area contributed by atoms with Crippen LogP contribution in [0.5, 0.6) is 0 Å². The van der Waals surface area contributed by atoms with Gasteiger partial charge in [0.15, 0.2) is 0 Å². The summed E-state index contributed by atoms with van der Waals surface area (Å²) >= 11 is 12.1. The second-order valence-corrected chi connectivity index (χ2v) is 7.18. The normalized spacial score (nSPS) is 22.5. The van der Waals surface area contributed by atoms with Crippen LogP contribution in [0.3, 0.4) is 0 Å². The SMILES string of the molecule is CC(=O)N1CCN(C(=O)C2CC2C(=O)Nc2c(Cl)cccc2Cl)CC1. The van der Waals surface area contributed by atoms with Gasteiger partial charge in [-0.3, -0.25) is 14.4 Å². The van der Waals surface area contributed by atoms with Crippen molar-refractivity contribution < 1.29 is 14.4 Å². The molecule has 134 valence electrons. The van der Waals surface area contributed by atoms with Gasteiger partial charge in [0.1, 0.15) is 0 Å². The highest BCUT2D eigenvalue weighted by atomic mass is 35.5. The van der Waals surface area contributed by atoms with Crippen LogP contribution >= 0.6 is 23.2 Å². The summed E-state index contributed by atoms with van der Waals surface area (Å²) in [7, 11) is 0. The first-order valence-corrected chi connectivity index (χ1v) is 8.93. The summed E-state index contributed by atoms with van der Waals surface area (Å²) in [5.41, 5.74) is 0.379. The highest BCUT2D eigenvalue weighted by Gasteiger charge is 2.50. The number of benzene rings is 1. The first-order valence-electron chi connectivity index (χ1n) is 8.17. The Hall–Kier alpha value is -1.79. The van der Waals surface area contributed by atoms with Crippen LogP contribution in [0, 0.1) is 11.8 Å². The molecule has 0 bridgehead atoms. The van der Waals surface area contributed by atoms with Gasteiger partial charge in [0.05, 0.1) is 27.6 Å². The first-order chi connectivity index (χ1) is 11.9. The van der Waals surface area contributed by atoms with E-state index in [0.717, 1.165) is 0 Å². The van der Waals surface area contributed by atoms with E-state index in [1.54, 1.807) is 28.0 Å². The van der Waals surface area contributed by atoms with Crippen LogP contribution in [0.4, 0.5) is 5.69 Å². The Morgan fingerprint density at radius 3 is 2.12 bits per heavy atom. The van der Waals surface area contributed by atoms with Gasteiger partial charge in [-0.2, -0.15) is 0 Å². The average molecular weight is 384 g/mol. The maximum Gasteiger partial charge on any atom is 0.228 e. The topological polar surface area (TPSA) is 69.7 Å². The third-order valence-corrected chi connectivity index (χ3v) is 5.32. The van der Waals surface area contributed by atoms with E-state index in [2.05, 4.69) is 5.32 Å². The van der Waals surface area contributed by atoms with Crippen molar-refractivity contribution in [2.24, 2.45) is 11.8 Å². The van der Waals surface area contributed by atoms with Crippen LogP contribution in [0.1, 0.15) is 13.3 Å². The van der Waals surface area contributed by atoms with E-state index >= 15 is 0 Å². The summed E-state index contributed by atoms with van der Waals surface area (Å²) in [5, 5.41) is 3.45. The number of nitrogens with one attached hydrogen (secondary N) is 1. The highest BCUT2D eigenvalue weighted by molar-refractivity contribution is 6.39. The molecule has 1 aliphatic heterocycles. The van der Waals surface area contributed by atoms with Crippen LogP contribution in [-0.2, 0) is 14.4 Å². The summed E-state index contributed by atoms with van der Waals surface area (Å²) in [5.74, 6) is -0.896. The van der Waals surface area contributed by atoms with Crippen molar-refractivity contribution in [2.45, 2.75) is 13.3 Å². The molecule has 1 saturated heterocycles. The van der Waals surface area contributed by atoms with Crippen molar-refractivity contribution in [3.63, 3.8) is 0 Å². The fraction of sp³-hybridized carbons (Fsp3) is 0.471. The van der Waals surface area contributed by atoms with E-state index in [1.807, 2.05) is 0 Å². The summed E-state index contributed by atoms with van der Waals surface area (Å²) in [6, 6.07) is 4.99. The zero-order valence-electron chi connectivity index (χ0n) is 13.8. The molecule has 1 heterocycles. The third-order valence-electron chi connectivity index (χ3n) is 4.69. The molecule has 0 aromatic heterocycles. The Balaban J connectivity index is 1.55. The van der Waals surface area contributed by atoms with Gasteiger partial charge < -0.3 is 15.1 Å². The van der Waals surface area contributed by atoms with E-state index in [1.165, 1.54) is 6.92 Å². The number of rotatable bonds is 3. The van der Waals surface area contributed by atoms with Gasteiger partial charge in [-0.15, -0.1) is 0 Å². The maximum absolute atomic E-state index is 12.5. The number of para-hydroxylation sites is 1. The minimum atomic E-state index is -0.356. The molecule has 2 atom stereocenters. The van der Waals surface area contributed by atoms with Crippen molar-refractivity contribution >= 4 is 46.6 Å². The van der Waals surface area contributed by atoms with E-state index in [4.69, 9.17) is 23.2 Å². The van der Waals surface area contributed by atoms with E-state index in [-0.39, 0.29) is 29.6 Å². The zero-order chi connectivity index (χ0) is 18.1. The van der Waals surface area contributed by atoms with Crippen molar-refractivity contribution in [1.82, 2.24) is 9.80 Å². The Morgan fingerprint density at radius 2 is 1.56 bits per heavy atom. The summed E-state index contributed by atoms with van der Waals surface area (Å²) < 4.78 is 0. The zero-order valence-corrected chi connectivity index (χ0v) is 15.3. The van der Waals surface area contributed by atoms with Gasteiger partial charge in [0.25, 0.3) is 0 Å². The maximum atomic E-state index is 12.5. The molecule has 1 aliphatic carbocycles. The third kappa shape index (κ3) is 3.90. The number of halogens is 2. The lowest BCUT2D eigenvalue weighted by atomic mass is 10.2. The van der Waals surface area contributed by atoms with Gasteiger partial charge in [0.2, 0.25) is 17.7 Å². The number of amides is 3. The van der Waals surface area contributed by atoms with E-state index in [9.17, 15) is 14.4 Å². The molecule has 2 aliphatic rings. The molecule has 1 N–H and O–H groups in total. The van der Waals surface area contributed by atoms with Gasteiger partial charge in [-0.25, -0.2) is 0 Å². The van der Waals surface area contributed by atoms with Crippen LogP contribution in [0.2, 0.25) is 10.0 Å². The summed E-state index contributed by atoms with van der Waals surface area (Å²) in [6.45, 7) is 3.64. The fourth-order valence-corrected chi connectivity index (χ4v) is 3.56. The predicted molar refractivity (Wildman–Crippen MR) is 95.5 cm³/mol. The standard InChI is InChI=1S/C17H19Cl2N3O3/c1-10(23)21-5-7-22(8-6-21)17(25)12-9-11(12)16(24)20-15-13(18)3-2-4-14(15)19/h2-4,11-12H,5-9H2,1H3,(H,20,24). The molecule has 6 nitrogen and oxygen atoms in total. The van der Waals surface area contributed by atoms with Crippen LogP contribution < -0.4 is 5.32 Å². The Labute approximate surface area is 156 Å². The molecule has 1 aromatic carbocycles. The Kier molecular flexibility index (Phi) is 5.20. The minimum Gasteiger partial charge on any atom is -0.339 e. The number of carbonyl (C=O) groups excluding carboxylic acids is 3. The lowest BCUT2D eigenvalue weighted by Gasteiger charge is -2.34. The van der Waals surface area contributed by atoms with Crippen molar-refractivity contribution in [3.05, 3.63) is 28.2 Å². The van der Waals surface area contributed by atoms with Crippen molar-refractivity contribution in [2.75, 3.05) is 31.5 Å². The second kappa shape index (κ2) is 7.22. The molecule has 2 fully saturated rings. The lowest BCUT2D eigenvalue weighted by molar-refractivity contribution is -0.139. The number of piperazine rings is 1. The largest absolute Gasteiger partial charge is 0.339 e. The number of anilines is 1. The van der Waals surface area contributed by atoms with Crippen LogP contribution in [0.15, 0.2) is 18.2 Å². The molecular formula is C17H19Cl2N3O3. The van der Waals surface area contributed by atoms with Gasteiger partial charge in [0, 0.05) is 33.1 Å². The highest BCUT2D eigenvalue weighted by Crippen LogP contribution is 2.42. The summed E-state index contributed by atoms with van der Waals surface area (Å²) in [6.07, 6.45) is 0.527. The fourth-order valence-electron chi connectivity index (χ4n) is 3.07. The quantitative estimate of drug-likeness (QED) is 0.869. The molecule has 2 unspecified atom stereocenters. The second-order valence-electron chi connectivity index (χ2n) is 6.37. The molecule has 3 rings (SSSR count). The summed E-state index contributed by atoms with van der Waals surface area (Å²) in [4.78, 5) is 39.7.